The van der Waals surface area contributed by atoms with Gasteiger partial charge in [-0.25, -0.2) is 9.48 Å². The molecule has 0 saturated carbocycles. The van der Waals surface area contributed by atoms with Crippen LogP contribution in [0.25, 0.3) is 0 Å². The van der Waals surface area contributed by atoms with Crippen LogP contribution in [0.3, 0.4) is 0 Å². The molecule has 1 aliphatic heterocycles. The summed E-state index contributed by atoms with van der Waals surface area (Å²) in [5.74, 6) is -0.440. The lowest BCUT2D eigenvalue weighted by atomic mass is 10.1. The molecule has 16 heavy (non-hydrogen) atoms. The van der Waals surface area contributed by atoms with Crippen molar-refractivity contribution in [2.75, 3.05) is 20.2 Å². The highest BCUT2D eigenvalue weighted by molar-refractivity contribution is 5.86. The minimum atomic E-state index is -0.440. The van der Waals surface area contributed by atoms with E-state index in [9.17, 15) is 4.79 Å². The molecule has 0 spiro atoms. The van der Waals surface area contributed by atoms with Crippen LogP contribution in [0.2, 0.25) is 0 Å². The molecule has 1 N–H and O–H groups in total. The van der Waals surface area contributed by atoms with Gasteiger partial charge in [0.25, 0.3) is 0 Å². The van der Waals surface area contributed by atoms with Gasteiger partial charge in [0.15, 0.2) is 5.69 Å². The van der Waals surface area contributed by atoms with Crippen LogP contribution in [0, 0.1) is 0 Å². The Morgan fingerprint density at radius 2 is 2.50 bits per heavy atom. The minimum absolute atomic E-state index is 0. The van der Waals surface area contributed by atoms with Gasteiger partial charge in [-0.05, 0) is 19.4 Å². The summed E-state index contributed by atoms with van der Waals surface area (Å²) in [5.41, 5.74) is 0.267. The number of piperidine rings is 1. The van der Waals surface area contributed by atoms with Gasteiger partial charge in [-0.3, -0.25) is 0 Å². The average Bonchev–Trinajstić information content (AvgIpc) is 2.78. The largest absolute Gasteiger partial charge is 0.464 e. The Morgan fingerprint density at radius 3 is 3.12 bits per heavy atom. The van der Waals surface area contributed by atoms with E-state index in [1.807, 2.05) is 0 Å². The predicted octanol–water partition coefficient (Wildman–Crippen LogP) is 0.411. The number of carbonyl (C=O) groups excluding carboxylic acids is 1. The number of ether oxygens (including phenoxy) is 1. The molecule has 0 aromatic carbocycles. The number of hydrogen-bond donors (Lipinski definition) is 1. The van der Waals surface area contributed by atoms with Crippen molar-refractivity contribution in [2.45, 2.75) is 18.9 Å². The first-order chi connectivity index (χ1) is 7.31. The topological polar surface area (TPSA) is 69.0 Å². The maximum absolute atomic E-state index is 11.2. The summed E-state index contributed by atoms with van der Waals surface area (Å²) < 4.78 is 6.30. The van der Waals surface area contributed by atoms with Crippen LogP contribution in [0.1, 0.15) is 29.4 Å². The summed E-state index contributed by atoms with van der Waals surface area (Å²) in [6.07, 6.45) is 3.83. The van der Waals surface area contributed by atoms with E-state index in [1.54, 1.807) is 10.9 Å². The average molecular weight is 247 g/mol. The Labute approximate surface area is 99.8 Å². The van der Waals surface area contributed by atoms with Gasteiger partial charge in [0, 0.05) is 6.54 Å². The summed E-state index contributed by atoms with van der Waals surface area (Å²) in [4.78, 5) is 11.2. The number of hydrogen-bond acceptors (Lipinski definition) is 5. The first-order valence-corrected chi connectivity index (χ1v) is 5.02. The highest BCUT2D eigenvalue weighted by atomic mass is 35.5. The monoisotopic (exact) mass is 246 g/mol. The fraction of sp³-hybridized carbons (Fsp3) is 0.667. The maximum atomic E-state index is 11.2. The fourth-order valence-corrected chi connectivity index (χ4v) is 1.71. The normalized spacial score (nSPS) is 19.9. The van der Waals surface area contributed by atoms with E-state index >= 15 is 0 Å². The molecule has 1 fully saturated rings. The van der Waals surface area contributed by atoms with Crippen molar-refractivity contribution in [1.82, 2.24) is 20.3 Å². The van der Waals surface area contributed by atoms with Crippen molar-refractivity contribution >= 4 is 18.4 Å². The molecule has 1 saturated heterocycles. The van der Waals surface area contributed by atoms with Crippen molar-refractivity contribution in [1.29, 1.82) is 0 Å². The summed E-state index contributed by atoms with van der Waals surface area (Å²) in [7, 11) is 1.34. The summed E-state index contributed by atoms with van der Waals surface area (Å²) in [5, 5.41) is 11.0. The number of halogens is 1. The molecule has 7 heteroatoms. The number of nitrogens with one attached hydrogen (secondary N) is 1. The lowest BCUT2D eigenvalue weighted by molar-refractivity contribution is 0.0594. The molecule has 1 atom stereocenters. The number of aromatic nitrogens is 3. The van der Waals surface area contributed by atoms with E-state index in [4.69, 9.17) is 0 Å². The third-order valence-corrected chi connectivity index (χ3v) is 2.55. The second-order valence-electron chi connectivity index (χ2n) is 3.58. The Kier molecular flexibility index (Phi) is 4.70. The third-order valence-electron chi connectivity index (χ3n) is 2.55. The van der Waals surface area contributed by atoms with Gasteiger partial charge in [-0.1, -0.05) is 5.21 Å². The van der Waals surface area contributed by atoms with Crippen molar-refractivity contribution in [3.8, 4) is 0 Å². The Bertz CT molecular complexity index is 349. The van der Waals surface area contributed by atoms with Crippen molar-refractivity contribution in [3.63, 3.8) is 0 Å². The van der Waals surface area contributed by atoms with E-state index in [2.05, 4.69) is 20.4 Å². The molecule has 0 bridgehead atoms. The van der Waals surface area contributed by atoms with E-state index < -0.39 is 5.97 Å². The van der Waals surface area contributed by atoms with Crippen LogP contribution in [-0.2, 0) is 4.74 Å². The zero-order valence-electron chi connectivity index (χ0n) is 9.05. The second kappa shape index (κ2) is 5.81. The van der Waals surface area contributed by atoms with Crippen LogP contribution in [0.15, 0.2) is 6.20 Å². The molecule has 6 nitrogen and oxygen atoms in total. The highest BCUT2D eigenvalue weighted by Crippen LogP contribution is 2.15. The lowest BCUT2D eigenvalue weighted by Crippen LogP contribution is -2.31. The zero-order valence-corrected chi connectivity index (χ0v) is 9.87. The molecule has 0 aliphatic carbocycles. The van der Waals surface area contributed by atoms with E-state index in [-0.39, 0.29) is 18.1 Å². The van der Waals surface area contributed by atoms with Crippen molar-refractivity contribution < 1.29 is 9.53 Å². The predicted molar refractivity (Wildman–Crippen MR) is 59.8 cm³/mol. The number of methoxy groups -OCH3 is 1. The zero-order chi connectivity index (χ0) is 10.7. The molecular formula is C9H15ClN4O2. The summed E-state index contributed by atoms with van der Waals surface area (Å²) in [6, 6.07) is 0.296. The fourth-order valence-electron chi connectivity index (χ4n) is 1.71. The lowest BCUT2D eigenvalue weighted by Gasteiger charge is -2.22. The quantitative estimate of drug-likeness (QED) is 0.766. The standard InChI is InChI=1S/C9H14N4O2.ClH/c1-15-9(14)8-6-13(12-11-8)7-3-2-4-10-5-7;/h6-7,10H,2-5H2,1H3;1H. The molecule has 2 heterocycles. The van der Waals surface area contributed by atoms with Crippen LogP contribution >= 0.6 is 12.4 Å². The molecule has 1 aromatic heterocycles. The highest BCUT2D eigenvalue weighted by Gasteiger charge is 2.18. The van der Waals surface area contributed by atoms with Crippen LogP contribution in [0.4, 0.5) is 0 Å². The van der Waals surface area contributed by atoms with Crippen LogP contribution < -0.4 is 5.32 Å². The van der Waals surface area contributed by atoms with E-state index in [0.717, 1.165) is 25.9 Å². The van der Waals surface area contributed by atoms with Crippen molar-refractivity contribution in [2.24, 2.45) is 0 Å². The van der Waals surface area contributed by atoms with Gasteiger partial charge in [-0.15, -0.1) is 17.5 Å². The molecule has 0 radical (unpaired) electrons. The molecule has 1 aliphatic rings. The summed E-state index contributed by atoms with van der Waals surface area (Å²) in [6.45, 7) is 1.93. The van der Waals surface area contributed by atoms with E-state index in [1.165, 1.54) is 7.11 Å². The first-order valence-electron chi connectivity index (χ1n) is 5.02. The molecule has 0 amide bonds. The third kappa shape index (κ3) is 2.70. The van der Waals surface area contributed by atoms with Crippen LogP contribution in [0.5, 0.6) is 0 Å². The molecule has 90 valence electrons. The van der Waals surface area contributed by atoms with Gasteiger partial charge in [0.2, 0.25) is 0 Å². The Morgan fingerprint density at radius 1 is 1.69 bits per heavy atom. The van der Waals surface area contributed by atoms with Crippen molar-refractivity contribution in [3.05, 3.63) is 11.9 Å². The Hall–Kier alpha value is -1.14. The summed E-state index contributed by atoms with van der Waals surface area (Å²) >= 11 is 0. The van der Waals surface area contributed by atoms with Crippen LogP contribution in [-0.4, -0.2) is 41.2 Å². The van der Waals surface area contributed by atoms with Gasteiger partial charge >= 0.3 is 5.97 Å². The number of carbonyl (C=O) groups is 1. The maximum Gasteiger partial charge on any atom is 0.360 e. The molecule has 2 rings (SSSR count). The van der Waals surface area contributed by atoms with Gasteiger partial charge < -0.3 is 10.1 Å². The number of nitrogens with zero attached hydrogens (tertiary/aromatic N) is 3. The molecular weight excluding hydrogens is 232 g/mol. The number of esters is 1. The number of rotatable bonds is 2. The molecule has 1 unspecified atom stereocenters. The Balaban J connectivity index is 0.00000128. The molecule has 1 aromatic rings. The van der Waals surface area contributed by atoms with Gasteiger partial charge in [0.1, 0.15) is 0 Å². The van der Waals surface area contributed by atoms with E-state index in [0.29, 0.717) is 6.04 Å². The minimum Gasteiger partial charge on any atom is -0.464 e. The first kappa shape index (κ1) is 12.9. The SMILES string of the molecule is COC(=O)c1cn(C2CCCNC2)nn1.Cl. The smallest absolute Gasteiger partial charge is 0.360 e. The van der Waals surface area contributed by atoms with Gasteiger partial charge in [-0.2, -0.15) is 0 Å². The van der Waals surface area contributed by atoms with Gasteiger partial charge in [0.05, 0.1) is 19.3 Å². The second-order valence-corrected chi connectivity index (χ2v) is 3.58.